The van der Waals surface area contributed by atoms with Gasteiger partial charge in [0.2, 0.25) is 5.91 Å². The Balaban J connectivity index is 1.73. The van der Waals surface area contributed by atoms with E-state index in [1.165, 1.54) is 16.7 Å². The number of hydrogen-bond acceptors (Lipinski definition) is 5. The number of nitrogens with zero attached hydrogens (tertiary/aromatic N) is 2. The summed E-state index contributed by atoms with van der Waals surface area (Å²) in [5.74, 6) is -0.229. The molecule has 3 rings (SSSR count). The summed E-state index contributed by atoms with van der Waals surface area (Å²) in [5.41, 5.74) is 1.45. The third-order valence-corrected chi connectivity index (χ3v) is 3.95. The van der Waals surface area contributed by atoms with Crippen molar-refractivity contribution in [2.45, 2.75) is 17.4 Å². The predicted octanol–water partition coefficient (Wildman–Crippen LogP) is 1.86. The lowest BCUT2D eigenvalue weighted by atomic mass is 10.3. The fourth-order valence-corrected chi connectivity index (χ4v) is 2.82. The molecular weight excluding hydrogens is 278 g/mol. The quantitative estimate of drug-likeness (QED) is 0.874. The number of hydrogen-bond donors (Lipinski definition) is 1. The van der Waals surface area contributed by atoms with Crippen LogP contribution in [0.25, 0.3) is 11.1 Å². The van der Waals surface area contributed by atoms with Crippen LogP contribution in [0.4, 0.5) is 4.79 Å². The number of carbonyl (C=O) groups excluding carboxylic acids is 2. The maximum absolute atomic E-state index is 12.2. The van der Waals surface area contributed by atoms with E-state index in [4.69, 9.17) is 4.42 Å². The largest absolute Gasteiger partial charge is 0.431 e. The molecule has 0 saturated carbocycles. The highest BCUT2D eigenvalue weighted by atomic mass is 32.2. The number of benzene rings is 1. The van der Waals surface area contributed by atoms with Gasteiger partial charge in [-0.2, -0.15) is 0 Å². The van der Waals surface area contributed by atoms with Crippen LogP contribution in [0.1, 0.15) is 6.92 Å². The molecule has 1 aromatic carbocycles. The zero-order valence-corrected chi connectivity index (χ0v) is 11.6. The molecular formula is C13H13N3O3S. The summed E-state index contributed by atoms with van der Waals surface area (Å²) < 4.78 is 5.56. The van der Waals surface area contributed by atoms with Gasteiger partial charge in [0, 0.05) is 13.1 Å². The van der Waals surface area contributed by atoms with Crippen molar-refractivity contribution in [1.29, 1.82) is 0 Å². The zero-order valence-electron chi connectivity index (χ0n) is 10.8. The van der Waals surface area contributed by atoms with Gasteiger partial charge in [-0.15, -0.1) is 0 Å². The molecule has 0 aliphatic carbocycles. The highest BCUT2D eigenvalue weighted by molar-refractivity contribution is 8.00. The molecule has 3 amide bonds. The number of carbonyl (C=O) groups is 2. The fraction of sp³-hybridized carbons (Fsp3) is 0.308. The Morgan fingerprint density at radius 2 is 2.30 bits per heavy atom. The van der Waals surface area contributed by atoms with Crippen molar-refractivity contribution in [3.8, 4) is 0 Å². The molecule has 0 unspecified atom stereocenters. The molecule has 0 bridgehead atoms. The Morgan fingerprint density at radius 1 is 1.50 bits per heavy atom. The van der Waals surface area contributed by atoms with Crippen molar-refractivity contribution in [2.24, 2.45) is 0 Å². The second kappa shape index (κ2) is 5.16. The Bertz CT molecular complexity index is 637. The monoisotopic (exact) mass is 291 g/mol. The molecule has 1 saturated heterocycles. The maximum Gasteiger partial charge on any atom is 0.324 e. The van der Waals surface area contributed by atoms with Crippen LogP contribution in [-0.4, -0.2) is 40.2 Å². The first-order valence-electron chi connectivity index (χ1n) is 6.26. The molecule has 104 valence electrons. The van der Waals surface area contributed by atoms with Crippen LogP contribution in [0, 0.1) is 0 Å². The molecule has 0 spiro atoms. The SMILES string of the molecule is C[C@H](Sc1nc2ccccc2o1)C(=O)N1CCNC1=O. The van der Waals surface area contributed by atoms with Crippen LogP contribution >= 0.6 is 11.8 Å². The van der Waals surface area contributed by atoms with Gasteiger partial charge < -0.3 is 9.73 Å². The lowest BCUT2D eigenvalue weighted by Crippen LogP contribution is -2.38. The molecule has 1 aromatic heterocycles. The van der Waals surface area contributed by atoms with Crippen molar-refractivity contribution < 1.29 is 14.0 Å². The first-order chi connectivity index (χ1) is 9.65. The number of aromatic nitrogens is 1. The van der Waals surface area contributed by atoms with Gasteiger partial charge in [0.05, 0.1) is 5.25 Å². The first-order valence-corrected chi connectivity index (χ1v) is 7.14. The highest BCUT2D eigenvalue weighted by Gasteiger charge is 2.30. The Morgan fingerprint density at radius 3 is 3.00 bits per heavy atom. The normalized spacial score (nSPS) is 16.4. The second-order valence-corrected chi connectivity index (χ2v) is 5.72. The number of oxazole rings is 1. The summed E-state index contributed by atoms with van der Waals surface area (Å²) >= 11 is 1.22. The number of imide groups is 1. The van der Waals surface area contributed by atoms with Crippen molar-refractivity contribution in [1.82, 2.24) is 15.2 Å². The summed E-state index contributed by atoms with van der Waals surface area (Å²) in [6, 6.07) is 7.09. The first kappa shape index (κ1) is 13.0. The number of fused-ring (bicyclic) bond motifs is 1. The van der Waals surface area contributed by atoms with E-state index in [2.05, 4.69) is 10.3 Å². The van der Waals surface area contributed by atoms with Gasteiger partial charge in [0.1, 0.15) is 5.52 Å². The molecule has 1 fully saturated rings. The summed E-state index contributed by atoms with van der Waals surface area (Å²) in [6.45, 7) is 2.66. The molecule has 7 heteroatoms. The summed E-state index contributed by atoms with van der Waals surface area (Å²) in [6.07, 6.45) is 0. The van der Waals surface area contributed by atoms with E-state index in [1.54, 1.807) is 6.92 Å². The van der Waals surface area contributed by atoms with Gasteiger partial charge >= 0.3 is 6.03 Å². The van der Waals surface area contributed by atoms with Crippen LogP contribution in [0.15, 0.2) is 33.9 Å². The lowest BCUT2D eigenvalue weighted by Gasteiger charge is -2.15. The zero-order chi connectivity index (χ0) is 14.1. The molecule has 1 N–H and O–H groups in total. The van der Waals surface area contributed by atoms with E-state index in [0.717, 1.165) is 5.52 Å². The molecule has 1 aliphatic heterocycles. The fourth-order valence-electron chi connectivity index (χ4n) is 2.00. The van der Waals surface area contributed by atoms with Crippen molar-refractivity contribution in [3.05, 3.63) is 24.3 Å². The summed E-state index contributed by atoms with van der Waals surface area (Å²) in [5, 5.41) is 2.62. The number of nitrogens with one attached hydrogen (secondary N) is 1. The highest BCUT2D eigenvalue weighted by Crippen LogP contribution is 2.27. The number of thioether (sulfide) groups is 1. The minimum Gasteiger partial charge on any atom is -0.431 e. The van der Waals surface area contributed by atoms with Crippen LogP contribution in [-0.2, 0) is 4.79 Å². The van der Waals surface area contributed by atoms with Gasteiger partial charge in [0.15, 0.2) is 5.58 Å². The molecule has 20 heavy (non-hydrogen) atoms. The van der Waals surface area contributed by atoms with Gasteiger partial charge in [-0.3, -0.25) is 9.69 Å². The van der Waals surface area contributed by atoms with Gasteiger partial charge in [-0.25, -0.2) is 9.78 Å². The van der Waals surface area contributed by atoms with Crippen molar-refractivity contribution in [3.63, 3.8) is 0 Å². The minimum absolute atomic E-state index is 0.229. The lowest BCUT2D eigenvalue weighted by molar-refractivity contribution is -0.126. The van der Waals surface area contributed by atoms with E-state index in [9.17, 15) is 9.59 Å². The van der Waals surface area contributed by atoms with E-state index in [0.29, 0.717) is 23.9 Å². The third-order valence-electron chi connectivity index (χ3n) is 3.02. The maximum atomic E-state index is 12.2. The number of rotatable bonds is 3. The van der Waals surface area contributed by atoms with Gasteiger partial charge in [-0.05, 0) is 19.1 Å². The average Bonchev–Trinajstić information content (AvgIpc) is 3.03. The molecule has 2 heterocycles. The number of urea groups is 1. The van der Waals surface area contributed by atoms with Crippen LogP contribution in [0.3, 0.4) is 0 Å². The van der Waals surface area contributed by atoms with E-state index < -0.39 is 5.25 Å². The minimum atomic E-state index is -0.424. The van der Waals surface area contributed by atoms with Crippen LogP contribution in [0.5, 0.6) is 0 Å². The molecule has 6 nitrogen and oxygen atoms in total. The number of amides is 3. The van der Waals surface area contributed by atoms with Crippen LogP contribution in [0.2, 0.25) is 0 Å². The topological polar surface area (TPSA) is 75.4 Å². The Hall–Kier alpha value is -2.02. The predicted molar refractivity (Wildman–Crippen MR) is 74.4 cm³/mol. The molecule has 1 atom stereocenters. The second-order valence-electron chi connectivity index (χ2n) is 4.43. The molecule has 1 aliphatic rings. The standard InChI is InChI=1S/C13H13N3O3S/c1-8(11(17)16-7-6-14-12(16)18)20-13-15-9-4-2-3-5-10(9)19-13/h2-5,8H,6-7H2,1H3,(H,14,18)/t8-/m0/s1. The smallest absolute Gasteiger partial charge is 0.324 e. The van der Waals surface area contributed by atoms with Crippen LogP contribution < -0.4 is 5.32 Å². The Kier molecular flexibility index (Phi) is 3.35. The van der Waals surface area contributed by atoms with Gasteiger partial charge in [0.25, 0.3) is 5.22 Å². The molecule has 0 radical (unpaired) electrons. The molecule has 2 aromatic rings. The Labute approximate surface area is 119 Å². The van der Waals surface area contributed by atoms with E-state index >= 15 is 0 Å². The van der Waals surface area contributed by atoms with Gasteiger partial charge in [-0.1, -0.05) is 23.9 Å². The van der Waals surface area contributed by atoms with E-state index in [1.807, 2.05) is 24.3 Å². The van der Waals surface area contributed by atoms with Crippen molar-refractivity contribution >= 4 is 34.8 Å². The third kappa shape index (κ3) is 2.36. The summed E-state index contributed by atoms with van der Waals surface area (Å²) in [7, 11) is 0. The average molecular weight is 291 g/mol. The van der Waals surface area contributed by atoms with Crippen molar-refractivity contribution in [2.75, 3.05) is 13.1 Å². The number of para-hydroxylation sites is 2. The summed E-state index contributed by atoms with van der Waals surface area (Å²) in [4.78, 5) is 29.1. The van der Waals surface area contributed by atoms with E-state index in [-0.39, 0.29) is 11.9 Å².